The van der Waals surface area contributed by atoms with E-state index in [1.54, 1.807) is 12.4 Å². The molecule has 3 heteroatoms. The summed E-state index contributed by atoms with van der Waals surface area (Å²) in [4.78, 5) is 16.0. The van der Waals surface area contributed by atoms with Crippen molar-refractivity contribution in [2.45, 2.75) is 39.5 Å². The lowest BCUT2D eigenvalue weighted by molar-refractivity contribution is -0.123. The molecule has 1 heterocycles. The van der Waals surface area contributed by atoms with Gasteiger partial charge in [0, 0.05) is 11.6 Å². The van der Waals surface area contributed by atoms with Crippen molar-refractivity contribution < 1.29 is 4.79 Å². The molecule has 1 aromatic heterocycles. The van der Waals surface area contributed by atoms with Gasteiger partial charge in [-0.1, -0.05) is 20.8 Å². The molecule has 0 radical (unpaired) electrons. The van der Waals surface area contributed by atoms with Gasteiger partial charge >= 0.3 is 0 Å². The molecule has 1 saturated carbocycles. The second kappa shape index (κ2) is 3.89. The summed E-state index contributed by atoms with van der Waals surface area (Å²) in [6, 6.07) is 2.01. The van der Waals surface area contributed by atoms with Crippen LogP contribution in [0.3, 0.4) is 0 Å². The molecule has 1 N–H and O–H groups in total. The van der Waals surface area contributed by atoms with Crippen molar-refractivity contribution in [2.24, 2.45) is 5.41 Å². The van der Waals surface area contributed by atoms with Crippen LogP contribution in [0.1, 0.15) is 45.1 Å². The maximum Gasteiger partial charge on any atom is 0.229 e. The fraction of sp³-hybridized carbons (Fsp3) is 0.538. The number of hydrogen-bond acceptors (Lipinski definition) is 2. The zero-order chi connectivity index (χ0) is 11.8. The Morgan fingerprint density at radius 1 is 1.44 bits per heavy atom. The van der Waals surface area contributed by atoms with Crippen LogP contribution in [0.15, 0.2) is 18.5 Å². The van der Waals surface area contributed by atoms with Gasteiger partial charge in [-0.3, -0.25) is 9.78 Å². The van der Waals surface area contributed by atoms with Crippen LogP contribution in [-0.4, -0.2) is 10.9 Å². The smallest absolute Gasteiger partial charge is 0.229 e. The molecule has 0 spiro atoms. The number of rotatable bonds is 2. The van der Waals surface area contributed by atoms with E-state index in [9.17, 15) is 4.79 Å². The zero-order valence-corrected chi connectivity index (χ0v) is 10.1. The van der Waals surface area contributed by atoms with E-state index in [0.717, 1.165) is 5.69 Å². The Morgan fingerprint density at radius 2 is 2.12 bits per heavy atom. The lowest BCUT2D eigenvalue weighted by atomic mass is 9.95. The number of anilines is 1. The second-order valence-corrected chi connectivity index (χ2v) is 5.44. The van der Waals surface area contributed by atoms with Crippen molar-refractivity contribution >= 4 is 11.6 Å². The molecule has 0 aliphatic heterocycles. The van der Waals surface area contributed by atoms with Crippen LogP contribution in [0.5, 0.6) is 0 Å². The number of pyridine rings is 1. The van der Waals surface area contributed by atoms with Gasteiger partial charge in [-0.15, -0.1) is 0 Å². The van der Waals surface area contributed by atoms with Gasteiger partial charge in [-0.05, 0) is 30.4 Å². The molecular weight excluding hydrogens is 200 g/mol. The molecule has 1 aliphatic rings. The van der Waals surface area contributed by atoms with E-state index in [-0.39, 0.29) is 11.3 Å². The molecule has 16 heavy (non-hydrogen) atoms. The second-order valence-electron chi connectivity index (χ2n) is 5.44. The van der Waals surface area contributed by atoms with Crippen molar-refractivity contribution in [3.8, 4) is 0 Å². The average Bonchev–Trinajstić information content (AvgIpc) is 3.00. The Morgan fingerprint density at radius 3 is 2.69 bits per heavy atom. The maximum atomic E-state index is 11.9. The first-order chi connectivity index (χ1) is 7.48. The molecule has 0 unspecified atom stereocenters. The summed E-state index contributed by atoms with van der Waals surface area (Å²) >= 11 is 0. The third kappa shape index (κ3) is 2.40. The fourth-order valence-electron chi connectivity index (χ4n) is 1.57. The number of nitrogens with zero attached hydrogens (tertiary/aromatic N) is 1. The van der Waals surface area contributed by atoms with E-state index in [2.05, 4.69) is 10.3 Å². The van der Waals surface area contributed by atoms with E-state index in [1.165, 1.54) is 18.4 Å². The van der Waals surface area contributed by atoms with Crippen LogP contribution in [0, 0.1) is 5.41 Å². The van der Waals surface area contributed by atoms with Crippen LogP contribution >= 0.6 is 0 Å². The lowest BCUT2D eigenvalue weighted by Gasteiger charge is -2.19. The molecule has 0 saturated heterocycles. The molecule has 1 fully saturated rings. The predicted molar refractivity (Wildman–Crippen MR) is 64.3 cm³/mol. The third-order valence-corrected chi connectivity index (χ3v) is 2.80. The largest absolute Gasteiger partial charge is 0.324 e. The first kappa shape index (κ1) is 11.1. The highest BCUT2D eigenvalue weighted by Crippen LogP contribution is 2.43. The van der Waals surface area contributed by atoms with E-state index < -0.39 is 0 Å². The van der Waals surface area contributed by atoms with Crippen LogP contribution in [0.2, 0.25) is 0 Å². The molecule has 1 amide bonds. The van der Waals surface area contributed by atoms with Crippen LogP contribution < -0.4 is 5.32 Å². The maximum absolute atomic E-state index is 11.9. The molecule has 1 aliphatic carbocycles. The summed E-state index contributed by atoms with van der Waals surface area (Å²) in [6.45, 7) is 5.74. The van der Waals surface area contributed by atoms with Crippen molar-refractivity contribution in [2.75, 3.05) is 5.32 Å². The molecule has 3 nitrogen and oxygen atoms in total. The lowest BCUT2D eigenvalue weighted by Crippen LogP contribution is -2.28. The van der Waals surface area contributed by atoms with Gasteiger partial charge in [0.15, 0.2) is 0 Å². The minimum absolute atomic E-state index is 0.0439. The van der Waals surface area contributed by atoms with Gasteiger partial charge in [0.25, 0.3) is 0 Å². The Balaban J connectivity index is 2.18. The monoisotopic (exact) mass is 218 g/mol. The molecule has 0 aromatic carbocycles. The minimum Gasteiger partial charge on any atom is -0.324 e. The molecule has 0 atom stereocenters. The van der Waals surface area contributed by atoms with E-state index in [1.807, 2.05) is 26.8 Å². The Bertz CT molecular complexity index is 403. The molecule has 0 bridgehead atoms. The summed E-state index contributed by atoms with van der Waals surface area (Å²) in [5.74, 6) is 0.667. The Kier molecular flexibility index (Phi) is 2.70. The van der Waals surface area contributed by atoms with Gasteiger partial charge in [-0.25, -0.2) is 0 Å². The van der Waals surface area contributed by atoms with Gasteiger partial charge in [-0.2, -0.15) is 0 Å². The van der Waals surface area contributed by atoms with E-state index in [0.29, 0.717) is 5.92 Å². The third-order valence-electron chi connectivity index (χ3n) is 2.80. The summed E-state index contributed by atoms with van der Waals surface area (Å²) in [5, 5.41) is 2.97. The van der Waals surface area contributed by atoms with Crippen molar-refractivity contribution in [3.63, 3.8) is 0 Å². The quantitative estimate of drug-likeness (QED) is 0.829. The highest BCUT2D eigenvalue weighted by atomic mass is 16.2. The summed E-state index contributed by atoms with van der Waals surface area (Å²) in [5.41, 5.74) is 1.74. The number of nitrogens with one attached hydrogen (secondary N) is 1. The number of carbonyl (C=O) groups is 1. The Hall–Kier alpha value is -1.38. The Labute approximate surface area is 96.3 Å². The van der Waals surface area contributed by atoms with E-state index in [4.69, 9.17) is 0 Å². The molecule has 2 rings (SSSR count). The fourth-order valence-corrected chi connectivity index (χ4v) is 1.57. The van der Waals surface area contributed by atoms with Gasteiger partial charge in [0.2, 0.25) is 5.91 Å². The van der Waals surface area contributed by atoms with Crippen LogP contribution in [0.4, 0.5) is 5.69 Å². The molecule has 1 aromatic rings. The number of amides is 1. The average molecular weight is 218 g/mol. The van der Waals surface area contributed by atoms with Crippen molar-refractivity contribution in [1.29, 1.82) is 0 Å². The van der Waals surface area contributed by atoms with Crippen LogP contribution in [0.25, 0.3) is 0 Å². The minimum atomic E-state index is -0.364. The first-order valence-corrected chi connectivity index (χ1v) is 5.74. The van der Waals surface area contributed by atoms with Crippen molar-refractivity contribution in [3.05, 3.63) is 24.0 Å². The highest BCUT2D eigenvalue weighted by Gasteiger charge is 2.28. The summed E-state index contributed by atoms with van der Waals surface area (Å²) in [6.07, 6.45) is 5.99. The number of carbonyl (C=O) groups excluding carboxylic acids is 1. The van der Waals surface area contributed by atoms with Crippen molar-refractivity contribution in [1.82, 2.24) is 4.98 Å². The van der Waals surface area contributed by atoms with Gasteiger partial charge in [0.1, 0.15) is 0 Å². The normalized spacial score (nSPS) is 15.9. The molecule has 86 valence electrons. The molecular formula is C13H18N2O. The highest BCUT2D eigenvalue weighted by molar-refractivity contribution is 5.95. The van der Waals surface area contributed by atoms with Crippen LogP contribution in [-0.2, 0) is 4.79 Å². The number of aromatic nitrogens is 1. The standard InChI is InChI=1S/C13H18N2O/c1-13(2,3)12(16)15-11-8-14-7-6-10(11)9-4-5-9/h6-9H,4-5H2,1-3H3,(H,15,16). The number of hydrogen-bond donors (Lipinski definition) is 1. The first-order valence-electron chi connectivity index (χ1n) is 5.74. The van der Waals surface area contributed by atoms with Gasteiger partial charge < -0.3 is 5.32 Å². The van der Waals surface area contributed by atoms with Gasteiger partial charge in [0.05, 0.1) is 11.9 Å². The summed E-state index contributed by atoms with van der Waals surface area (Å²) < 4.78 is 0. The summed E-state index contributed by atoms with van der Waals surface area (Å²) in [7, 11) is 0. The van der Waals surface area contributed by atoms with E-state index >= 15 is 0 Å². The topological polar surface area (TPSA) is 42.0 Å². The zero-order valence-electron chi connectivity index (χ0n) is 10.1. The SMILES string of the molecule is CC(C)(C)C(=O)Nc1cnccc1C1CC1. The predicted octanol–water partition coefficient (Wildman–Crippen LogP) is 2.94.